The van der Waals surface area contributed by atoms with E-state index < -0.39 is 15.2 Å². The quantitative estimate of drug-likeness (QED) is 0.844. The smallest absolute Gasteiger partial charge is 0.211 e. The van der Waals surface area contributed by atoms with Gasteiger partial charge in [0.25, 0.3) is 0 Å². The van der Waals surface area contributed by atoms with E-state index in [1.54, 1.807) is 24.3 Å². The highest BCUT2D eigenvalue weighted by molar-refractivity contribution is 7.90. The van der Waals surface area contributed by atoms with E-state index in [-0.39, 0.29) is 6.04 Å². The summed E-state index contributed by atoms with van der Waals surface area (Å²) in [5.41, 5.74) is 0.876. The average Bonchev–Trinajstić information content (AvgIpc) is 2.27. The monoisotopic (exact) mass is 281 g/mol. The van der Waals surface area contributed by atoms with Gasteiger partial charge in [0.2, 0.25) is 10.0 Å². The third-order valence-corrected chi connectivity index (χ3v) is 4.19. The zero-order valence-corrected chi connectivity index (χ0v) is 11.1. The molecular weight excluding hydrogens is 269 g/mol. The van der Waals surface area contributed by atoms with E-state index in [0.29, 0.717) is 11.4 Å². The molecule has 0 fully saturated rings. The van der Waals surface area contributed by atoms with Gasteiger partial charge in [-0.15, -0.1) is 11.6 Å². The van der Waals surface area contributed by atoms with Gasteiger partial charge in [-0.1, -0.05) is 30.7 Å². The van der Waals surface area contributed by atoms with Crippen LogP contribution in [-0.2, 0) is 10.0 Å². The van der Waals surface area contributed by atoms with Gasteiger partial charge in [0.05, 0.1) is 0 Å². The molecule has 0 aliphatic heterocycles. The van der Waals surface area contributed by atoms with E-state index in [4.69, 9.17) is 23.2 Å². The highest BCUT2D eigenvalue weighted by Gasteiger charge is 2.16. The molecule has 1 N–H and O–H groups in total. The normalized spacial score (nSPS) is 13.7. The highest BCUT2D eigenvalue weighted by atomic mass is 35.5. The Hall–Kier alpha value is -0.290. The Morgan fingerprint density at radius 2 is 1.88 bits per heavy atom. The summed E-state index contributed by atoms with van der Waals surface area (Å²) in [4.78, 5) is 0. The fourth-order valence-corrected chi connectivity index (χ4v) is 2.44. The van der Waals surface area contributed by atoms with Crippen LogP contribution in [0.25, 0.3) is 0 Å². The largest absolute Gasteiger partial charge is 0.226 e. The van der Waals surface area contributed by atoms with Crippen LogP contribution in [-0.4, -0.2) is 13.6 Å². The molecule has 1 unspecified atom stereocenters. The number of sulfonamides is 1. The molecule has 0 saturated carbocycles. The molecule has 16 heavy (non-hydrogen) atoms. The second-order valence-corrected chi connectivity index (χ2v) is 6.13. The van der Waals surface area contributed by atoms with Crippen molar-refractivity contribution in [3.63, 3.8) is 0 Å². The van der Waals surface area contributed by atoms with Crippen molar-refractivity contribution in [2.24, 2.45) is 0 Å². The fraction of sp³-hybridized carbons (Fsp3) is 0.400. The van der Waals surface area contributed by atoms with Gasteiger partial charge in [-0.2, -0.15) is 0 Å². The van der Waals surface area contributed by atoms with Crippen molar-refractivity contribution in [2.45, 2.75) is 19.4 Å². The van der Waals surface area contributed by atoms with Gasteiger partial charge >= 0.3 is 0 Å². The first-order valence-corrected chi connectivity index (χ1v) is 7.36. The minimum atomic E-state index is -3.41. The maximum atomic E-state index is 11.3. The Balaban J connectivity index is 2.87. The second-order valence-electron chi connectivity index (χ2n) is 3.35. The molecule has 0 aromatic heterocycles. The summed E-state index contributed by atoms with van der Waals surface area (Å²) in [6, 6.07) is 6.80. The molecule has 0 aliphatic carbocycles. The van der Waals surface area contributed by atoms with Crippen molar-refractivity contribution in [3.8, 4) is 0 Å². The lowest BCUT2D eigenvalue weighted by molar-refractivity contribution is 0.554. The molecule has 1 aromatic carbocycles. The summed E-state index contributed by atoms with van der Waals surface area (Å²) in [5.74, 6) is 0. The third kappa shape index (κ3) is 3.94. The summed E-state index contributed by atoms with van der Waals surface area (Å²) in [7, 11) is -3.41. The predicted octanol–water partition coefficient (Wildman–Crippen LogP) is 2.91. The van der Waals surface area contributed by atoms with Crippen molar-refractivity contribution in [2.75, 3.05) is 5.21 Å². The van der Waals surface area contributed by atoms with Gasteiger partial charge in [-0.05, 0) is 24.1 Å². The van der Waals surface area contributed by atoms with E-state index in [1.807, 2.05) is 6.92 Å². The van der Waals surface area contributed by atoms with Crippen LogP contribution in [0.1, 0.15) is 24.9 Å². The Bertz CT molecular complexity index is 431. The molecule has 90 valence electrons. The summed E-state index contributed by atoms with van der Waals surface area (Å²) >= 11 is 11.1. The van der Waals surface area contributed by atoms with E-state index in [1.165, 1.54) is 0 Å². The SMILES string of the molecule is CCC(NS(=O)(=O)CCl)c1ccc(Cl)cc1. The van der Waals surface area contributed by atoms with Crippen molar-refractivity contribution >= 4 is 33.2 Å². The molecule has 1 aromatic rings. The molecule has 0 radical (unpaired) electrons. The highest BCUT2D eigenvalue weighted by Crippen LogP contribution is 2.20. The molecule has 0 amide bonds. The topological polar surface area (TPSA) is 46.2 Å². The number of hydrogen-bond acceptors (Lipinski definition) is 2. The predicted molar refractivity (Wildman–Crippen MR) is 67.3 cm³/mol. The van der Waals surface area contributed by atoms with Crippen LogP contribution >= 0.6 is 23.2 Å². The minimum absolute atomic E-state index is 0.263. The molecule has 0 heterocycles. The van der Waals surface area contributed by atoms with Crippen LogP contribution in [0.3, 0.4) is 0 Å². The summed E-state index contributed by atoms with van der Waals surface area (Å²) in [6.07, 6.45) is 0.651. The van der Waals surface area contributed by atoms with Crippen LogP contribution < -0.4 is 4.72 Å². The van der Waals surface area contributed by atoms with E-state index in [9.17, 15) is 8.42 Å². The number of benzene rings is 1. The Morgan fingerprint density at radius 3 is 2.31 bits per heavy atom. The number of alkyl halides is 1. The summed E-state index contributed by atoms with van der Waals surface area (Å²) in [6.45, 7) is 1.90. The van der Waals surface area contributed by atoms with Crippen molar-refractivity contribution in [1.29, 1.82) is 0 Å². The van der Waals surface area contributed by atoms with Gasteiger partial charge in [-0.3, -0.25) is 0 Å². The van der Waals surface area contributed by atoms with Gasteiger partial charge < -0.3 is 0 Å². The first-order chi connectivity index (χ1) is 7.48. The first-order valence-electron chi connectivity index (χ1n) is 4.80. The first kappa shape index (κ1) is 13.8. The van der Waals surface area contributed by atoms with Gasteiger partial charge in [0, 0.05) is 11.1 Å². The van der Waals surface area contributed by atoms with Crippen molar-refractivity contribution in [1.82, 2.24) is 4.72 Å². The zero-order valence-electron chi connectivity index (χ0n) is 8.78. The van der Waals surface area contributed by atoms with E-state index in [2.05, 4.69) is 4.72 Å². The molecule has 3 nitrogen and oxygen atoms in total. The van der Waals surface area contributed by atoms with E-state index in [0.717, 1.165) is 5.56 Å². The standard InChI is InChI=1S/C10H13Cl2NO2S/c1-2-10(13-16(14,15)7-11)8-3-5-9(12)6-4-8/h3-6,10,13H,2,7H2,1H3. The number of rotatable bonds is 5. The average molecular weight is 282 g/mol. The lowest BCUT2D eigenvalue weighted by Gasteiger charge is -2.16. The summed E-state index contributed by atoms with van der Waals surface area (Å²) in [5, 5.41) is 0.190. The Morgan fingerprint density at radius 1 is 1.31 bits per heavy atom. The maximum Gasteiger partial charge on any atom is 0.226 e. The van der Waals surface area contributed by atoms with Crippen LogP contribution in [0.4, 0.5) is 0 Å². The van der Waals surface area contributed by atoms with Gasteiger partial charge in [0.15, 0.2) is 0 Å². The molecule has 6 heteroatoms. The van der Waals surface area contributed by atoms with E-state index >= 15 is 0 Å². The molecular formula is C10H13Cl2NO2S. The number of nitrogens with one attached hydrogen (secondary N) is 1. The fourth-order valence-electron chi connectivity index (χ4n) is 1.33. The molecule has 0 bridgehead atoms. The number of halogens is 2. The Labute approximate surface area is 106 Å². The number of hydrogen-bond donors (Lipinski definition) is 1. The zero-order chi connectivity index (χ0) is 12.2. The van der Waals surface area contributed by atoms with Crippen LogP contribution in [0.15, 0.2) is 24.3 Å². The third-order valence-electron chi connectivity index (χ3n) is 2.15. The summed E-state index contributed by atoms with van der Waals surface area (Å²) < 4.78 is 25.2. The lowest BCUT2D eigenvalue weighted by atomic mass is 10.1. The van der Waals surface area contributed by atoms with Gasteiger partial charge in [-0.25, -0.2) is 13.1 Å². The molecule has 0 saturated heterocycles. The lowest BCUT2D eigenvalue weighted by Crippen LogP contribution is -2.28. The minimum Gasteiger partial charge on any atom is -0.211 e. The van der Waals surface area contributed by atoms with Crippen LogP contribution in [0, 0.1) is 0 Å². The van der Waals surface area contributed by atoms with Crippen molar-refractivity contribution < 1.29 is 8.42 Å². The molecule has 1 atom stereocenters. The second kappa shape index (κ2) is 5.87. The molecule has 0 spiro atoms. The van der Waals surface area contributed by atoms with Crippen LogP contribution in [0.5, 0.6) is 0 Å². The molecule has 0 aliphatic rings. The Kier molecular flexibility index (Phi) is 5.05. The van der Waals surface area contributed by atoms with Crippen molar-refractivity contribution in [3.05, 3.63) is 34.9 Å². The van der Waals surface area contributed by atoms with Crippen LogP contribution in [0.2, 0.25) is 5.02 Å². The maximum absolute atomic E-state index is 11.3. The molecule has 1 rings (SSSR count). The van der Waals surface area contributed by atoms with Gasteiger partial charge in [0.1, 0.15) is 5.21 Å².